The molecule has 0 aromatic heterocycles. The molecule has 0 fully saturated rings. The van der Waals surface area contributed by atoms with Crippen molar-refractivity contribution >= 4 is 39.8 Å². The zero-order valence-corrected chi connectivity index (χ0v) is 18.5. The van der Waals surface area contributed by atoms with Crippen LogP contribution >= 0.6 is 24.0 Å². The zero-order chi connectivity index (χ0) is 19.8. The fourth-order valence-corrected chi connectivity index (χ4v) is 2.83. The Labute approximate surface area is 174 Å². The van der Waals surface area contributed by atoms with Gasteiger partial charge in [-0.15, -0.1) is 24.0 Å². The Morgan fingerprint density at radius 3 is 2.48 bits per heavy atom. The largest absolute Gasteiger partial charge is 0.491 e. The fourth-order valence-electron chi connectivity index (χ4n) is 2.05. The van der Waals surface area contributed by atoms with Crippen molar-refractivity contribution < 1.29 is 26.3 Å². The van der Waals surface area contributed by atoms with Gasteiger partial charge in [0.25, 0.3) is 0 Å². The molecule has 156 valence electrons. The van der Waals surface area contributed by atoms with Crippen molar-refractivity contribution in [1.82, 2.24) is 10.6 Å². The molecule has 1 rings (SSSR count). The quantitative estimate of drug-likeness (QED) is 0.237. The van der Waals surface area contributed by atoms with Gasteiger partial charge in [-0.25, -0.2) is 8.42 Å². The predicted octanol–water partition coefficient (Wildman–Crippen LogP) is 2.69. The lowest BCUT2D eigenvalue weighted by Crippen LogP contribution is -2.44. The van der Waals surface area contributed by atoms with E-state index in [0.717, 1.165) is 6.07 Å². The first-order valence-electron chi connectivity index (χ1n) is 7.97. The minimum Gasteiger partial charge on any atom is -0.491 e. The van der Waals surface area contributed by atoms with E-state index >= 15 is 0 Å². The second-order valence-corrected chi connectivity index (χ2v) is 8.07. The smallest absolute Gasteiger partial charge is 0.419 e. The highest BCUT2D eigenvalue weighted by Crippen LogP contribution is 2.35. The summed E-state index contributed by atoms with van der Waals surface area (Å²) in [6.45, 7) is 2.05. The van der Waals surface area contributed by atoms with Crippen LogP contribution in [-0.2, 0) is 16.0 Å². The summed E-state index contributed by atoms with van der Waals surface area (Å²) in [7, 11) is -1.50. The van der Waals surface area contributed by atoms with Gasteiger partial charge >= 0.3 is 6.18 Å². The highest BCUT2D eigenvalue weighted by atomic mass is 127. The minimum absolute atomic E-state index is 0. The van der Waals surface area contributed by atoms with E-state index in [2.05, 4.69) is 15.6 Å². The number of alkyl halides is 3. The first kappa shape index (κ1) is 25.8. The average molecular weight is 523 g/mol. The maximum atomic E-state index is 12.9. The number of aliphatic imine (C=N–C) groups is 1. The second-order valence-electron chi connectivity index (χ2n) is 5.81. The maximum Gasteiger partial charge on any atom is 0.419 e. The number of hydrogen-bond donors (Lipinski definition) is 2. The molecule has 0 radical (unpaired) electrons. The summed E-state index contributed by atoms with van der Waals surface area (Å²) < 4.78 is 66.2. The molecule has 1 unspecified atom stereocenters. The normalized spacial score (nSPS) is 13.5. The van der Waals surface area contributed by atoms with Crippen molar-refractivity contribution in [3.8, 4) is 5.75 Å². The molecule has 0 aliphatic carbocycles. The molecule has 0 saturated heterocycles. The minimum atomic E-state index is -4.48. The molecule has 11 heteroatoms. The number of hydrogen-bond acceptors (Lipinski definition) is 4. The third-order valence-corrected chi connectivity index (χ3v) is 4.35. The van der Waals surface area contributed by atoms with Gasteiger partial charge in [0.2, 0.25) is 0 Å². The number of halogens is 4. The molecular formula is C16H25F3IN3O3S. The Morgan fingerprint density at radius 1 is 1.30 bits per heavy atom. The maximum absolute atomic E-state index is 12.9. The highest BCUT2D eigenvalue weighted by molar-refractivity contribution is 14.0. The van der Waals surface area contributed by atoms with E-state index in [1.165, 1.54) is 24.5 Å². The van der Waals surface area contributed by atoms with Gasteiger partial charge in [-0.2, -0.15) is 13.2 Å². The first-order chi connectivity index (χ1) is 12.0. The van der Waals surface area contributed by atoms with Gasteiger partial charge in [-0.3, -0.25) is 4.99 Å². The van der Waals surface area contributed by atoms with Crippen molar-refractivity contribution in [1.29, 1.82) is 0 Å². The van der Waals surface area contributed by atoms with Crippen LogP contribution in [0.3, 0.4) is 0 Å². The highest BCUT2D eigenvalue weighted by Gasteiger charge is 2.33. The second kappa shape index (κ2) is 11.6. The van der Waals surface area contributed by atoms with Crippen LogP contribution in [-0.4, -0.2) is 52.6 Å². The van der Waals surface area contributed by atoms with Crippen molar-refractivity contribution in [3.63, 3.8) is 0 Å². The van der Waals surface area contributed by atoms with Crippen molar-refractivity contribution in [2.75, 3.05) is 32.2 Å². The summed E-state index contributed by atoms with van der Waals surface area (Å²) in [5.41, 5.74) is -0.822. The average Bonchev–Trinajstić information content (AvgIpc) is 2.54. The van der Waals surface area contributed by atoms with Gasteiger partial charge in [-0.05, 0) is 25.5 Å². The van der Waals surface area contributed by atoms with E-state index in [9.17, 15) is 21.6 Å². The molecule has 1 atom stereocenters. The van der Waals surface area contributed by atoms with Gasteiger partial charge in [0.05, 0.1) is 17.9 Å². The van der Waals surface area contributed by atoms with E-state index in [0.29, 0.717) is 12.4 Å². The van der Waals surface area contributed by atoms with Crippen molar-refractivity contribution in [2.24, 2.45) is 4.99 Å². The number of rotatable bonds is 8. The monoisotopic (exact) mass is 523 g/mol. The Balaban J connectivity index is 0.00000676. The molecule has 2 N–H and O–H groups in total. The van der Waals surface area contributed by atoms with Crippen LogP contribution in [0.2, 0.25) is 0 Å². The van der Waals surface area contributed by atoms with Gasteiger partial charge in [0.15, 0.2) is 5.96 Å². The Hall–Kier alpha value is -1.24. The van der Waals surface area contributed by atoms with E-state index in [1.807, 2.05) is 6.92 Å². The van der Waals surface area contributed by atoms with Crippen LogP contribution in [0.5, 0.6) is 5.75 Å². The van der Waals surface area contributed by atoms with Crippen LogP contribution in [0.15, 0.2) is 29.3 Å². The summed E-state index contributed by atoms with van der Waals surface area (Å²) in [5.74, 6) is 0.236. The lowest BCUT2D eigenvalue weighted by atomic mass is 10.2. The lowest BCUT2D eigenvalue weighted by Gasteiger charge is -2.18. The van der Waals surface area contributed by atoms with Crippen molar-refractivity contribution in [2.45, 2.75) is 25.6 Å². The lowest BCUT2D eigenvalue weighted by molar-refractivity contribution is -0.138. The number of benzene rings is 1. The summed E-state index contributed by atoms with van der Waals surface area (Å²) in [4.78, 5) is 3.98. The molecular weight excluding hydrogens is 498 g/mol. The number of guanidine groups is 1. The topological polar surface area (TPSA) is 79.8 Å². The van der Waals surface area contributed by atoms with Crippen LogP contribution in [0.1, 0.15) is 18.9 Å². The molecule has 0 saturated carbocycles. The van der Waals surface area contributed by atoms with E-state index in [1.54, 1.807) is 7.05 Å². The van der Waals surface area contributed by atoms with Crippen LogP contribution in [0.4, 0.5) is 13.2 Å². The molecule has 0 aliphatic heterocycles. The molecule has 27 heavy (non-hydrogen) atoms. The number of ether oxygens (including phenoxy) is 1. The summed E-state index contributed by atoms with van der Waals surface area (Å²) in [6.07, 6.45) is -2.89. The SMILES string of the molecule is CN=C(NCCOc1ccccc1C(F)(F)F)NC(C)CCS(C)(=O)=O.I. The molecule has 0 bridgehead atoms. The molecule has 6 nitrogen and oxygen atoms in total. The van der Waals surface area contributed by atoms with Gasteiger partial charge in [0.1, 0.15) is 22.2 Å². The van der Waals surface area contributed by atoms with Crippen LogP contribution < -0.4 is 15.4 Å². The summed E-state index contributed by atoms with van der Waals surface area (Å²) in [5, 5.41) is 5.92. The molecule has 0 amide bonds. The molecule has 0 spiro atoms. The third kappa shape index (κ3) is 10.6. The number of para-hydroxylation sites is 1. The third-order valence-electron chi connectivity index (χ3n) is 3.37. The van der Waals surface area contributed by atoms with E-state index in [4.69, 9.17) is 4.74 Å². The zero-order valence-electron chi connectivity index (χ0n) is 15.3. The number of nitrogens with one attached hydrogen (secondary N) is 2. The predicted molar refractivity (Wildman–Crippen MR) is 111 cm³/mol. The molecule has 0 heterocycles. The fraction of sp³-hybridized carbons (Fsp3) is 0.562. The van der Waals surface area contributed by atoms with Gasteiger partial charge in [0, 0.05) is 19.3 Å². The Morgan fingerprint density at radius 2 is 1.93 bits per heavy atom. The van der Waals surface area contributed by atoms with Crippen LogP contribution in [0, 0.1) is 0 Å². The van der Waals surface area contributed by atoms with E-state index < -0.39 is 21.6 Å². The molecule has 0 aliphatic rings. The summed E-state index contributed by atoms with van der Waals surface area (Å²) in [6, 6.07) is 4.87. The summed E-state index contributed by atoms with van der Waals surface area (Å²) >= 11 is 0. The van der Waals surface area contributed by atoms with Crippen molar-refractivity contribution in [3.05, 3.63) is 29.8 Å². The molecule has 1 aromatic carbocycles. The Kier molecular flexibility index (Phi) is 11.0. The number of nitrogens with zero attached hydrogens (tertiary/aromatic N) is 1. The van der Waals surface area contributed by atoms with Gasteiger partial charge < -0.3 is 15.4 Å². The van der Waals surface area contributed by atoms with Crippen LogP contribution in [0.25, 0.3) is 0 Å². The standard InChI is InChI=1S/C16H24F3N3O3S.HI/c1-12(8-11-26(3,23)24)22-15(20-2)21-9-10-25-14-7-5-4-6-13(14)16(17,18)19;/h4-7,12H,8-11H2,1-3H3,(H2,20,21,22);1H. The van der Waals surface area contributed by atoms with Gasteiger partial charge in [-0.1, -0.05) is 12.1 Å². The van der Waals surface area contributed by atoms with E-state index in [-0.39, 0.29) is 54.7 Å². The number of sulfone groups is 1. The molecule has 1 aromatic rings. The Bertz CT molecular complexity index is 712. The first-order valence-corrected chi connectivity index (χ1v) is 10.0.